The third-order valence-corrected chi connectivity index (χ3v) is 7.17. The highest BCUT2D eigenvalue weighted by Crippen LogP contribution is 2.29. The van der Waals surface area contributed by atoms with Gasteiger partial charge in [-0.1, -0.05) is 109 Å². The van der Waals surface area contributed by atoms with Crippen molar-refractivity contribution in [3.05, 3.63) is 126 Å². The Morgan fingerprint density at radius 2 is 1.24 bits per heavy atom. The summed E-state index contributed by atoms with van der Waals surface area (Å²) in [6.07, 6.45) is 5.62. The molecule has 34 heavy (non-hydrogen) atoms. The van der Waals surface area contributed by atoms with Crippen molar-refractivity contribution in [3.63, 3.8) is 0 Å². The van der Waals surface area contributed by atoms with Crippen LogP contribution in [-0.4, -0.2) is 19.3 Å². The predicted molar refractivity (Wildman–Crippen MR) is 137 cm³/mol. The average Bonchev–Trinajstić information content (AvgIpc) is 2.90. The molecule has 0 bridgehead atoms. The number of sulfonamides is 1. The average molecular weight is 462 g/mol. The molecule has 0 saturated carbocycles. The molecule has 0 radical (unpaired) electrons. The van der Waals surface area contributed by atoms with Gasteiger partial charge >= 0.3 is 0 Å². The molecule has 1 unspecified atom stereocenters. The van der Waals surface area contributed by atoms with Crippen molar-refractivity contribution < 1.29 is 8.42 Å². The second-order valence-corrected chi connectivity index (χ2v) is 9.48. The fourth-order valence-electron chi connectivity index (χ4n) is 3.62. The minimum atomic E-state index is -3.89. The summed E-state index contributed by atoms with van der Waals surface area (Å²) in [6, 6.07) is 34.8. The molecule has 4 aromatic rings. The fraction of sp³-hybridized carbons (Fsp3) is 0.0667. The van der Waals surface area contributed by atoms with E-state index in [4.69, 9.17) is 6.42 Å². The van der Waals surface area contributed by atoms with E-state index in [1.54, 1.807) is 30.3 Å². The van der Waals surface area contributed by atoms with Crippen molar-refractivity contribution in [1.82, 2.24) is 4.31 Å². The minimum absolute atomic E-state index is 0.105. The summed E-state index contributed by atoms with van der Waals surface area (Å²) in [5, 5.41) is 0. The topological polar surface area (TPSA) is 37.4 Å². The monoisotopic (exact) mass is 461 g/mol. The highest BCUT2D eigenvalue weighted by molar-refractivity contribution is 7.89. The summed E-state index contributed by atoms with van der Waals surface area (Å²) in [4.78, 5) is 0.178. The van der Waals surface area contributed by atoms with Gasteiger partial charge in [-0.3, -0.25) is 0 Å². The van der Waals surface area contributed by atoms with Gasteiger partial charge in [0.05, 0.1) is 11.4 Å². The molecule has 1 atom stereocenters. The lowest BCUT2D eigenvalue weighted by atomic mass is 10.0. The van der Waals surface area contributed by atoms with Gasteiger partial charge in [-0.25, -0.2) is 8.42 Å². The van der Waals surface area contributed by atoms with E-state index in [2.05, 4.69) is 17.8 Å². The van der Waals surface area contributed by atoms with Crippen molar-refractivity contribution in [1.29, 1.82) is 0 Å². The molecule has 4 aromatic carbocycles. The minimum Gasteiger partial charge on any atom is -0.207 e. The Hall–Kier alpha value is -4.09. The van der Waals surface area contributed by atoms with Crippen LogP contribution < -0.4 is 0 Å². The van der Waals surface area contributed by atoms with E-state index >= 15 is 0 Å². The summed E-state index contributed by atoms with van der Waals surface area (Å²) < 4.78 is 28.5. The summed E-state index contributed by atoms with van der Waals surface area (Å²) >= 11 is 0. The third kappa shape index (κ3) is 5.27. The molecular formula is C30H23NO2S. The number of terminal acetylenes is 1. The molecule has 166 valence electrons. The smallest absolute Gasteiger partial charge is 0.207 e. The summed E-state index contributed by atoms with van der Waals surface area (Å²) in [5.41, 5.74) is 3.66. The van der Waals surface area contributed by atoms with E-state index in [0.717, 1.165) is 22.3 Å². The number of hydrogen-bond acceptors (Lipinski definition) is 2. The third-order valence-electron chi connectivity index (χ3n) is 5.35. The highest BCUT2D eigenvalue weighted by atomic mass is 32.2. The van der Waals surface area contributed by atoms with Gasteiger partial charge in [-0.2, -0.15) is 4.31 Å². The Kier molecular flexibility index (Phi) is 7.25. The van der Waals surface area contributed by atoms with E-state index in [0.29, 0.717) is 0 Å². The van der Waals surface area contributed by atoms with Gasteiger partial charge in [0.25, 0.3) is 0 Å². The van der Waals surface area contributed by atoms with E-state index in [9.17, 15) is 8.42 Å². The molecule has 0 saturated heterocycles. The van der Waals surface area contributed by atoms with Gasteiger partial charge in [0, 0.05) is 5.56 Å². The lowest BCUT2D eigenvalue weighted by molar-refractivity contribution is 0.410. The van der Waals surface area contributed by atoms with Gasteiger partial charge in [0.2, 0.25) is 10.0 Å². The SMILES string of the molecule is C#CCN(C(C#Cc1ccccc1)c1ccc(-c2ccccc2)cc1)S(=O)(=O)c1ccccc1. The lowest BCUT2D eigenvalue weighted by Crippen LogP contribution is -2.34. The predicted octanol–water partition coefficient (Wildman–Crippen LogP) is 5.77. The van der Waals surface area contributed by atoms with Crippen molar-refractivity contribution in [2.75, 3.05) is 6.54 Å². The number of benzene rings is 4. The zero-order valence-corrected chi connectivity index (χ0v) is 19.3. The Labute approximate surface area is 201 Å². The quantitative estimate of drug-likeness (QED) is 0.342. The maximum Gasteiger partial charge on any atom is 0.245 e. The van der Waals surface area contributed by atoms with Crippen LogP contribution in [0.5, 0.6) is 0 Å². The van der Waals surface area contributed by atoms with Gasteiger partial charge in [0.1, 0.15) is 6.04 Å². The first-order valence-electron chi connectivity index (χ1n) is 10.8. The molecule has 0 aliphatic heterocycles. The number of rotatable bonds is 6. The van der Waals surface area contributed by atoms with Crippen LogP contribution in [0.15, 0.2) is 120 Å². The molecule has 3 nitrogen and oxygen atoms in total. The van der Waals surface area contributed by atoms with Crippen molar-refractivity contribution in [2.24, 2.45) is 0 Å². The first kappa shape index (κ1) is 23.1. The zero-order valence-electron chi connectivity index (χ0n) is 18.5. The highest BCUT2D eigenvalue weighted by Gasteiger charge is 2.31. The molecule has 4 heteroatoms. The Bertz CT molecular complexity index is 1430. The van der Waals surface area contributed by atoms with Crippen LogP contribution in [0.25, 0.3) is 11.1 Å². The van der Waals surface area contributed by atoms with Crippen LogP contribution in [0.2, 0.25) is 0 Å². The molecular weight excluding hydrogens is 438 g/mol. The van der Waals surface area contributed by atoms with Crippen molar-refractivity contribution in [3.8, 4) is 35.3 Å². The van der Waals surface area contributed by atoms with Crippen LogP contribution >= 0.6 is 0 Å². The Balaban J connectivity index is 1.80. The molecule has 0 heterocycles. The maximum absolute atomic E-state index is 13.6. The van der Waals surface area contributed by atoms with Gasteiger partial charge < -0.3 is 0 Å². The molecule has 0 aliphatic rings. The van der Waals surface area contributed by atoms with Crippen molar-refractivity contribution >= 4 is 10.0 Å². The number of hydrogen-bond donors (Lipinski definition) is 0. The molecule has 0 amide bonds. The molecule has 4 rings (SSSR count). The van der Waals surface area contributed by atoms with Crippen LogP contribution in [0.3, 0.4) is 0 Å². The lowest BCUT2D eigenvalue weighted by Gasteiger charge is -2.26. The summed E-state index contributed by atoms with van der Waals surface area (Å²) in [5.74, 6) is 8.81. The van der Waals surface area contributed by atoms with Gasteiger partial charge in [-0.15, -0.1) is 6.42 Å². The largest absolute Gasteiger partial charge is 0.245 e. The van der Waals surface area contributed by atoms with Crippen LogP contribution in [0.1, 0.15) is 17.2 Å². The van der Waals surface area contributed by atoms with Crippen LogP contribution in [0, 0.1) is 24.2 Å². The van der Waals surface area contributed by atoms with E-state index in [-0.39, 0.29) is 11.4 Å². The maximum atomic E-state index is 13.6. The standard InChI is InChI=1S/C30H23NO2S/c1-2-24-31(34(32,33)29-16-10-5-11-17-29)30(23-18-25-12-6-3-7-13-25)28-21-19-27(20-22-28)26-14-8-4-9-15-26/h1,3-17,19-22,30H,24H2. The Morgan fingerprint density at radius 1 is 0.706 bits per heavy atom. The normalized spacial score (nSPS) is 11.8. The number of nitrogens with zero attached hydrogens (tertiary/aromatic N) is 1. The zero-order chi connectivity index (χ0) is 23.8. The summed E-state index contributed by atoms with van der Waals surface area (Å²) in [7, 11) is -3.89. The van der Waals surface area contributed by atoms with E-state index in [1.165, 1.54) is 4.31 Å². The van der Waals surface area contributed by atoms with Gasteiger partial charge in [-0.05, 0) is 41.0 Å². The molecule has 0 spiro atoms. The second-order valence-electron chi connectivity index (χ2n) is 7.59. The first-order chi connectivity index (χ1) is 16.6. The van der Waals surface area contributed by atoms with Crippen LogP contribution in [-0.2, 0) is 10.0 Å². The van der Waals surface area contributed by atoms with Crippen molar-refractivity contribution in [2.45, 2.75) is 10.9 Å². The van der Waals surface area contributed by atoms with E-state index < -0.39 is 16.1 Å². The molecule has 0 aliphatic carbocycles. The van der Waals surface area contributed by atoms with Gasteiger partial charge in [0.15, 0.2) is 0 Å². The first-order valence-corrected chi connectivity index (χ1v) is 12.3. The fourth-order valence-corrected chi connectivity index (χ4v) is 5.08. The molecule has 0 N–H and O–H groups in total. The molecule has 0 aromatic heterocycles. The van der Waals surface area contributed by atoms with Crippen LogP contribution in [0.4, 0.5) is 0 Å². The Morgan fingerprint density at radius 3 is 1.82 bits per heavy atom. The van der Waals surface area contributed by atoms with E-state index in [1.807, 2.05) is 84.9 Å². The summed E-state index contributed by atoms with van der Waals surface area (Å²) in [6.45, 7) is -0.105. The second kappa shape index (κ2) is 10.7. The molecule has 0 fully saturated rings.